The zero-order chi connectivity index (χ0) is 12.6. The fraction of sp³-hybridized carbons (Fsp3) is 0.667. The SMILES string of the molecule is C#CCCCC(=O)NC(CC(C)C)C(N)=O. The van der Waals surface area contributed by atoms with Crippen LogP contribution < -0.4 is 11.1 Å². The van der Waals surface area contributed by atoms with Crippen LogP contribution in [0, 0.1) is 18.3 Å². The Labute approximate surface area is 97.0 Å². The summed E-state index contributed by atoms with van der Waals surface area (Å²) < 4.78 is 0. The first kappa shape index (κ1) is 14.5. The molecule has 90 valence electrons. The summed E-state index contributed by atoms with van der Waals surface area (Å²) >= 11 is 0. The molecule has 0 radical (unpaired) electrons. The molecule has 4 heteroatoms. The molecular weight excluding hydrogens is 204 g/mol. The molecule has 3 N–H and O–H groups in total. The van der Waals surface area contributed by atoms with Gasteiger partial charge in [-0.15, -0.1) is 12.3 Å². The molecule has 0 aromatic rings. The van der Waals surface area contributed by atoms with Crippen molar-refractivity contribution in [2.24, 2.45) is 11.7 Å². The van der Waals surface area contributed by atoms with Crippen LogP contribution in [0.2, 0.25) is 0 Å². The van der Waals surface area contributed by atoms with Gasteiger partial charge >= 0.3 is 0 Å². The molecule has 16 heavy (non-hydrogen) atoms. The highest BCUT2D eigenvalue weighted by Gasteiger charge is 2.18. The van der Waals surface area contributed by atoms with Gasteiger partial charge in [0.1, 0.15) is 6.04 Å². The van der Waals surface area contributed by atoms with Gasteiger partial charge in [-0.3, -0.25) is 9.59 Å². The number of carbonyl (C=O) groups is 2. The Hall–Kier alpha value is -1.50. The number of nitrogens with one attached hydrogen (secondary N) is 1. The Morgan fingerprint density at radius 1 is 1.44 bits per heavy atom. The normalized spacial score (nSPS) is 11.9. The highest BCUT2D eigenvalue weighted by Crippen LogP contribution is 2.05. The van der Waals surface area contributed by atoms with Gasteiger partial charge in [0.15, 0.2) is 0 Å². The number of rotatable bonds is 7. The van der Waals surface area contributed by atoms with Crippen molar-refractivity contribution < 1.29 is 9.59 Å². The molecule has 0 heterocycles. The van der Waals surface area contributed by atoms with E-state index in [-0.39, 0.29) is 5.91 Å². The summed E-state index contributed by atoms with van der Waals surface area (Å²) in [7, 11) is 0. The molecule has 1 atom stereocenters. The van der Waals surface area contributed by atoms with Crippen LogP contribution in [0.3, 0.4) is 0 Å². The molecule has 0 aliphatic heterocycles. The Morgan fingerprint density at radius 2 is 2.06 bits per heavy atom. The Morgan fingerprint density at radius 3 is 2.50 bits per heavy atom. The molecule has 0 rings (SSSR count). The number of nitrogens with two attached hydrogens (primary N) is 1. The lowest BCUT2D eigenvalue weighted by molar-refractivity contribution is -0.127. The average molecular weight is 224 g/mol. The van der Waals surface area contributed by atoms with Crippen LogP contribution in [0.25, 0.3) is 0 Å². The van der Waals surface area contributed by atoms with Gasteiger partial charge in [0.05, 0.1) is 0 Å². The van der Waals surface area contributed by atoms with Gasteiger partial charge in [-0.05, 0) is 18.8 Å². The molecule has 0 aliphatic rings. The quantitative estimate of drug-likeness (QED) is 0.496. The Balaban J connectivity index is 4.04. The van der Waals surface area contributed by atoms with Crippen LogP contribution in [0.1, 0.15) is 39.5 Å². The summed E-state index contributed by atoms with van der Waals surface area (Å²) in [6.07, 6.45) is 7.18. The Bertz CT molecular complexity index is 279. The Kier molecular flexibility index (Phi) is 7.02. The lowest BCUT2D eigenvalue weighted by Gasteiger charge is -2.17. The molecular formula is C12H20N2O2. The fourth-order valence-corrected chi connectivity index (χ4v) is 1.34. The average Bonchev–Trinajstić information content (AvgIpc) is 2.16. The number of amides is 2. The third-order valence-corrected chi connectivity index (χ3v) is 2.11. The first-order chi connectivity index (χ1) is 7.47. The van der Waals surface area contributed by atoms with Crippen molar-refractivity contribution in [3.8, 4) is 12.3 Å². The molecule has 0 spiro atoms. The number of hydrogen-bond donors (Lipinski definition) is 2. The zero-order valence-electron chi connectivity index (χ0n) is 9.95. The summed E-state index contributed by atoms with van der Waals surface area (Å²) in [5, 5.41) is 2.62. The van der Waals surface area contributed by atoms with Gasteiger partial charge in [0, 0.05) is 12.8 Å². The molecule has 2 amide bonds. The number of carbonyl (C=O) groups excluding carboxylic acids is 2. The molecule has 0 bridgehead atoms. The third-order valence-electron chi connectivity index (χ3n) is 2.11. The maximum Gasteiger partial charge on any atom is 0.240 e. The highest BCUT2D eigenvalue weighted by atomic mass is 16.2. The van der Waals surface area contributed by atoms with E-state index in [0.29, 0.717) is 31.6 Å². The number of unbranched alkanes of at least 4 members (excludes halogenated alkanes) is 1. The van der Waals surface area contributed by atoms with Crippen molar-refractivity contribution >= 4 is 11.8 Å². The third kappa shape index (κ3) is 6.88. The van der Waals surface area contributed by atoms with E-state index in [2.05, 4.69) is 11.2 Å². The van der Waals surface area contributed by atoms with Gasteiger partial charge in [-0.25, -0.2) is 0 Å². The predicted molar refractivity (Wildman–Crippen MR) is 63.3 cm³/mol. The summed E-state index contributed by atoms with van der Waals surface area (Å²) in [6.45, 7) is 3.95. The van der Waals surface area contributed by atoms with E-state index in [1.807, 2.05) is 13.8 Å². The second-order valence-electron chi connectivity index (χ2n) is 4.21. The summed E-state index contributed by atoms with van der Waals surface area (Å²) in [6, 6.07) is -0.571. The van der Waals surface area contributed by atoms with Crippen molar-refractivity contribution in [2.75, 3.05) is 0 Å². The van der Waals surface area contributed by atoms with Crippen LogP contribution in [-0.2, 0) is 9.59 Å². The monoisotopic (exact) mass is 224 g/mol. The molecule has 0 aromatic carbocycles. The van der Waals surface area contributed by atoms with Crippen molar-refractivity contribution in [2.45, 2.75) is 45.6 Å². The molecule has 1 unspecified atom stereocenters. The van der Waals surface area contributed by atoms with E-state index < -0.39 is 11.9 Å². The van der Waals surface area contributed by atoms with Gasteiger partial charge in [-0.1, -0.05) is 13.8 Å². The van der Waals surface area contributed by atoms with E-state index in [0.717, 1.165) is 0 Å². The van der Waals surface area contributed by atoms with E-state index in [1.54, 1.807) is 0 Å². The van der Waals surface area contributed by atoms with Crippen LogP contribution in [0.5, 0.6) is 0 Å². The van der Waals surface area contributed by atoms with E-state index in [9.17, 15) is 9.59 Å². The highest BCUT2D eigenvalue weighted by molar-refractivity contribution is 5.86. The van der Waals surface area contributed by atoms with Gasteiger partial charge < -0.3 is 11.1 Å². The summed E-state index contributed by atoms with van der Waals surface area (Å²) in [4.78, 5) is 22.5. The second-order valence-corrected chi connectivity index (χ2v) is 4.21. The standard InChI is InChI=1S/C12H20N2O2/c1-4-5-6-7-11(15)14-10(12(13)16)8-9(2)3/h1,9-10H,5-8H2,2-3H3,(H2,13,16)(H,14,15). The predicted octanol–water partition coefficient (Wildman–Crippen LogP) is 0.806. The van der Waals surface area contributed by atoms with Crippen LogP contribution >= 0.6 is 0 Å². The number of terminal acetylenes is 1. The minimum atomic E-state index is -0.571. The van der Waals surface area contributed by atoms with Crippen molar-refractivity contribution in [3.63, 3.8) is 0 Å². The molecule has 0 saturated carbocycles. The van der Waals surface area contributed by atoms with E-state index >= 15 is 0 Å². The van der Waals surface area contributed by atoms with Gasteiger partial charge in [0.2, 0.25) is 11.8 Å². The first-order valence-electron chi connectivity index (χ1n) is 5.49. The van der Waals surface area contributed by atoms with Crippen LogP contribution in [0.4, 0.5) is 0 Å². The van der Waals surface area contributed by atoms with E-state index in [1.165, 1.54) is 0 Å². The lowest BCUT2D eigenvalue weighted by atomic mass is 10.0. The van der Waals surface area contributed by atoms with Gasteiger partial charge in [-0.2, -0.15) is 0 Å². The van der Waals surface area contributed by atoms with Crippen molar-refractivity contribution in [1.82, 2.24) is 5.32 Å². The minimum absolute atomic E-state index is 0.167. The fourth-order valence-electron chi connectivity index (χ4n) is 1.34. The lowest BCUT2D eigenvalue weighted by Crippen LogP contribution is -2.45. The number of hydrogen-bond acceptors (Lipinski definition) is 2. The summed E-state index contributed by atoms with van der Waals surface area (Å²) in [5.41, 5.74) is 5.20. The molecule has 0 saturated heterocycles. The van der Waals surface area contributed by atoms with Gasteiger partial charge in [0.25, 0.3) is 0 Å². The summed E-state index contributed by atoms with van der Waals surface area (Å²) in [5.74, 6) is 2.11. The van der Waals surface area contributed by atoms with Crippen LogP contribution in [0.15, 0.2) is 0 Å². The zero-order valence-corrected chi connectivity index (χ0v) is 9.95. The van der Waals surface area contributed by atoms with E-state index in [4.69, 9.17) is 12.2 Å². The smallest absolute Gasteiger partial charge is 0.240 e. The largest absolute Gasteiger partial charge is 0.368 e. The van der Waals surface area contributed by atoms with Crippen molar-refractivity contribution in [3.05, 3.63) is 0 Å². The molecule has 0 aliphatic carbocycles. The molecule has 4 nitrogen and oxygen atoms in total. The molecule has 0 fully saturated rings. The van der Waals surface area contributed by atoms with Crippen molar-refractivity contribution in [1.29, 1.82) is 0 Å². The first-order valence-corrected chi connectivity index (χ1v) is 5.49. The molecule has 0 aromatic heterocycles. The topological polar surface area (TPSA) is 72.2 Å². The maximum atomic E-state index is 11.4. The maximum absolute atomic E-state index is 11.4. The second kappa shape index (κ2) is 7.75. The number of primary amides is 1. The minimum Gasteiger partial charge on any atom is -0.368 e. The van der Waals surface area contributed by atoms with Crippen LogP contribution in [-0.4, -0.2) is 17.9 Å².